The van der Waals surface area contributed by atoms with Gasteiger partial charge in [-0.05, 0) is 37.5 Å². The molecule has 0 aromatic heterocycles. The fourth-order valence-corrected chi connectivity index (χ4v) is 2.98. The molecule has 20 heavy (non-hydrogen) atoms. The average molecular weight is 298 g/mol. The van der Waals surface area contributed by atoms with Crippen LogP contribution < -0.4 is 10.5 Å². The van der Waals surface area contributed by atoms with E-state index in [2.05, 4.69) is 5.32 Å². The van der Waals surface area contributed by atoms with Crippen molar-refractivity contribution in [2.24, 2.45) is 11.1 Å². The minimum atomic E-state index is -3.79. The quantitative estimate of drug-likeness (QED) is 0.870. The summed E-state index contributed by atoms with van der Waals surface area (Å²) in [5.41, 5.74) is 0.974. The smallest absolute Gasteiger partial charge is 0.238 e. The van der Waals surface area contributed by atoms with Crippen molar-refractivity contribution in [1.29, 1.82) is 0 Å². The van der Waals surface area contributed by atoms with Crippen LogP contribution in [-0.2, 0) is 19.6 Å². The van der Waals surface area contributed by atoms with Gasteiger partial charge in [-0.3, -0.25) is 4.79 Å². The first-order valence-corrected chi connectivity index (χ1v) is 7.94. The Morgan fingerprint density at radius 2 is 2.20 bits per heavy atom. The first kappa shape index (κ1) is 15.0. The van der Waals surface area contributed by atoms with E-state index in [1.807, 2.05) is 0 Å². The normalized spacial score (nSPS) is 19.6. The van der Waals surface area contributed by atoms with Crippen molar-refractivity contribution in [3.8, 4) is 0 Å². The van der Waals surface area contributed by atoms with E-state index in [1.165, 1.54) is 6.07 Å². The lowest BCUT2D eigenvalue weighted by molar-refractivity contribution is -0.123. The van der Waals surface area contributed by atoms with Crippen molar-refractivity contribution in [3.05, 3.63) is 23.8 Å². The third-order valence-corrected chi connectivity index (χ3v) is 4.35. The zero-order valence-electron chi connectivity index (χ0n) is 11.3. The Hall–Kier alpha value is -1.44. The molecule has 1 aliphatic rings. The average Bonchev–Trinajstić information content (AvgIpc) is 2.40. The molecule has 2 rings (SSSR count). The van der Waals surface area contributed by atoms with Crippen LogP contribution in [0.25, 0.3) is 0 Å². The van der Waals surface area contributed by atoms with E-state index in [9.17, 15) is 13.2 Å². The van der Waals surface area contributed by atoms with E-state index in [0.717, 1.165) is 12.8 Å². The molecule has 1 amide bonds. The lowest BCUT2D eigenvalue weighted by Gasteiger charge is -2.21. The van der Waals surface area contributed by atoms with Crippen LogP contribution in [0.15, 0.2) is 23.1 Å². The summed E-state index contributed by atoms with van der Waals surface area (Å²) >= 11 is 0. The summed E-state index contributed by atoms with van der Waals surface area (Å²) in [7, 11) is -3.79. The Bertz CT molecular complexity index is 607. The fraction of sp³-hybridized carbons (Fsp3) is 0.462. The molecular weight excluding hydrogens is 280 g/mol. The number of ether oxygens (including phenoxy) is 1. The maximum atomic E-state index is 12.0. The van der Waals surface area contributed by atoms with Gasteiger partial charge in [-0.2, -0.15) is 0 Å². The van der Waals surface area contributed by atoms with Crippen LogP contribution in [0.5, 0.6) is 0 Å². The second-order valence-electron chi connectivity index (χ2n) is 4.93. The molecule has 1 heterocycles. The predicted molar refractivity (Wildman–Crippen MR) is 74.7 cm³/mol. The van der Waals surface area contributed by atoms with Crippen LogP contribution in [0.4, 0.5) is 5.69 Å². The number of anilines is 1. The van der Waals surface area contributed by atoms with E-state index in [4.69, 9.17) is 9.88 Å². The summed E-state index contributed by atoms with van der Waals surface area (Å²) < 4.78 is 28.1. The topological polar surface area (TPSA) is 98.5 Å². The van der Waals surface area contributed by atoms with Gasteiger partial charge in [0, 0.05) is 12.3 Å². The van der Waals surface area contributed by atoms with Crippen LogP contribution in [0.3, 0.4) is 0 Å². The Labute approximate surface area is 118 Å². The van der Waals surface area contributed by atoms with Crippen molar-refractivity contribution < 1.29 is 17.9 Å². The molecule has 1 fully saturated rings. The number of carbonyl (C=O) groups excluding carboxylic acids is 1. The maximum Gasteiger partial charge on any atom is 0.238 e. The molecule has 0 saturated carbocycles. The first-order valence-electron chi connectivity index (χ1n) is 6.40. The molecule has 0 radical (unpaired) electrons. The molecule has 1 unspecified atom stereocenters. The largest absolute Gasteiger partial charge is 0.381 e. The van der Waals surface area contributed by atoms with Crippen molar-refractivity contribution in [2.75, 3.05) is 18.5 Å². The van der Waals surface area contributed by atoms with Crippen LogP contribution >= 0.6 is 0 Å². The number of primary sulfonamides is 1. The van der Waals surface area contributed by atoms with Gasteiger partial charge in [-0.1, -0.05) is 6.07 Å². The number of nitrogens with one attached hydrogen (secondary N) is 1. The van der Waals surface area contributed by atoms with E-state index < -0.39 is 10.0 Å². The molecule has 1 saturated heterocycles. The standard InChI is InChI=1S/C13H18N2O4S/c1-9-4-5-11(7-12(9)20(14,17)18)15-13(16)10-3-2-6-19-8-10/h4-5,7,10H,2-3,6,8H2,1H3,(H,15,16)(H2,14,17,18). The summed E-state index contributed by atoms with van der Waals surface area (Å²) in [5.74, 6) is -0.350. The van der Waals surface area contributed by atoms with E-state index in [0.29, 0.717) is 24.5 Å². The molecule has 1 aromatic carbocycles. The Kier molecular flexibility index (Phi) is 4.42. The van der Waals surface area contributed by atoms with Gasteiger partial charge in [0.05, 0.1) is 17.4 Å². The predicted octanol–water partition coefficient (Wildman–Crippen LogP) is 1.01. The van der Waals surface area contributed by atoms with Crippen molar-refractivity contribution in [1.82, 2.24) is 0 Å². The van der Waals surface area contributed by atoms with Gasteiger partial charge in [-0.15, -0.1) is 0 Å². The van der Waals surface area contributed by atoms with Crippen molar-refractivity contribution in [2.45, 2.75) is 24.7 Å². The molecule has 1 aliphatic heterocycles. The Balaban J connectivity index is 2.15. The molecule has 0 spiro atoms. The van der Waals surface area contributed by atoms with Crippen molar-refractivity contribution in [3.63, 3.8) is 0 Å². The fourth-order valence-electron chi connectivity index (χ4n) is 2.18. The third-order valence-electron chi connectivity index (χ3n) is 3.29. The highest BCUT2D eigenvalue weighted by atomic mass is 32.2. The summed E-state index contributed by atoms with van der Waals surface area (Å²) in [6.07, 6.45) is 1.63. The second-order valence-corrected chi connectivity index (χ2v) is 6.46. The first-order chi connectivity index (χ1) is 9.38. The summed E-state index contributed by atoms with van der Waals surface area (Å²) in [5, 5.41) is 7.85. The highest BCUT2D eigenvalue weighted by Gasteiger charge is 2.22. The lowest BCUT2D eigenvalue weighted by atomic mass is 10.0. The summed E-state index contributed by atoms with van der Waals surface area (Å²) in [6, 6.07) is 4.66. The molecule has 3 N–H and O–H groups in total. The zero-order valence-corrected chi connectivity index (χ0v) is 12.1. The maximum absolute atomic E-state index is 12.0. The number of amides is 1. The number of hydrogen-bond acceptors (Lipinski definition) is 4. The number of aryl methyl sites for hydroxylation is 1. The minimum Gasteiger partial charge on any atom is -0.381 e. The number of hydrogen-bond donors (Lipinski definition) is 2. The van der Waals surface area contributed by atoms with Gasteiger partial charge >= 0.3 is 0 Å². The van der Waals surface area contributed by atoms with Crippen LogP contribution in [0.2, 0.25) is 0 Å². The summed E-state index contributed by atoms with van der Waals surface area (Å²) in [4.78, 5) is 12.1. The van der Waals surface area contributed by atoms with Crippen LogP contribution in [0.1, 0.15) is 18.4 Å². The van der Waals surface area contributed by atoms with E-state index in [-0.39, 0.29) is 16.7 Å². The van der Waals surface area contributed by atoms with Crippen molar-refractivity contribution >= 4 is 21.6 Å². The molecule has 0 aliphatic carbocycles. The number of nitrogens with two attached hydrogens (primary N) is 1. The molecule has 0 bridgehead atoms. The Morgan fingerprint density at radius 1 is 1.45 bits per heavy atom. The Morgan fingerprint density at radius 3 is 2.80 bits per heavy atom. The highest BCUT2D eigenvalue weighted by molar-refractivity contribution is 7.89. The zero-order chi connectivity index (χ0) is 14.8. The SMILES string of the molecule is Cc1ccc(NC(=O)C2CCCOC2)cc1S(N)(=O)=O. The highest BCUT2D eigenvalue weighted by Crippen LogP contribution is 2.21. The molecule has 110 valence electrons. The van der Waals surface area contributed by atoms with Gasteiger partial charge in [0.25, 0.3) is 0 Å². The van der Waals surface area contributed by atoms with E-state index in [1.54, 1.807) is 19.1 Å². The van der Waals surface area contributed by atoms with E-state index >= 15 is 0 Å². The molecule has 7 heteroatoms. The summed E-state index contributed by atoms with van der Waals surface area (Å²) in [6.45, 7) is 2.74. The minimum absolute atomic E-state index is 0.0233. The third kappa shape index (κ3) is 3.56. The molecule has 6 nitrogen and oxygen atoms in total. The van der Waals surface area contributed by atoms with Crippen LogP contribution in [-0.4, -0.2) is 27.5 Å². The number of benzene rings is 1. The number of sulfonamides is 1. The van der Waals surface area contributed by atoms with Gasteiger partial charge in [-0.25, -0.2) is 13.6 Å². The van der Waals surface area contributed by atoms with Gasteiger partial charge in [0.15, 0.2) is 0 Å². The lowest BCUT2D eigenvalue weighted by Crippen LogP contribution is -2.30. The van der Waals surface area contributed by atoms with Gasteiger partial charge in [0.2, 0.25) is 15.9 Å². The van der Waals surface area contributed by atoms with Gasteiger partial charge in [0.1, 0.15) is 0 Å². The van der Waals surface area contributed by atoms with Crippen LogP contribution in [0, 0.1) is 12.8 Å². The molecule has 1 aromatic rings. The van der Waals surface area contributed by atoms with Gasteiger partial charge < -0.3 is 10.1 Å². The monoisotopic (exact) mass is 298 g/mol. The second kappa shape index (κ2) is 5.90. The number of carbonyl (C=O) groups is 1. The molecule has 1 atom stereocenters. The number of rotatable bonds is 3. The molecular formula is C13H18N2O4S.